The van der Waals surface area contributed by atoms with Gasteiger partial charge in [-0.3, -0.25) is 4.79 Å². The molecule has 0 aliphatic rings. The van der Waals surface area contributed by atoms with Gasteiger partial charge in [-0.2, -0.15) is 0 Å². The summed E-state index contributed by atoms with van der Waals surface area (Å²) in [4.78, 5) is 11.4. The molecule has 0 aliphatic heterocycles. The normalized spacial score (nSPS) is 10.9. The predicted octanol–water partition coefficient (Wildman–Crippen LogP) is 3.99. The van der Waals surface area contributed by atoms with E-state index in [9.17, 15) is 4.79 Å². The molecule has 3 heteroatoms. The SMILES string of the molecule is CCC(=O)c1cc2cc(C)cc(Cl)c2o1. The Bertz CT molecular complexity index is 526. The highest BCUT2D eigenvalue weighted by atomic mass is 35.5. The van der Waals surface area contributed by atoms with E-state index in [2.05, 4.69) is 0 Å². The largest absolute Gasteiger partial charge is 0.451 e. The van der Waals surface area contributed by atoms with Crippen molar-refractivity contribution in [3.8, 4) is 0 Å². The quantitative estimate of drug-likeness (QED) is 0.720. The van der Waals surface area contributed by atoms with Gasteiger partial charge < -0.3 is 4.42 Å². The number of hydrogen-bond acceptors (Lipinski definition) is 2. The number of hydrogen-bond donors (Lipinski definition) is 0. The fourth-order valence-electron chi connectivity index (χ4n) is 1.56. The highest BCUT2D eigenvalue weighted by Gasteiger charge is 2.12. The standard InChI is InChI=1S/C12H11ClO2/c1-3-10(14)11-6-8-4-7(2)5-9(13)12(8)15-11/h4-6H,3H2,1-2H3. The summed E-state index contributed by atoms with van der Waals surface area (Å²) in [5.41, 5.74) is 1.66. The first-order valence-electron chi connectivity index (χ1n) is 4.84. The molecule has 1 aromatic heterocycles. The van der Waals surface area contributed by atoms with Gasteiger partial charge in [0.15, 0.2) is 17.1 Å². The minimum atomic E-state index is -0.0000743. The summed E-state index contributed by atoms with van der Waals surface area (Å²) >= 11 is 6.02. The Kier molecular flexibility index (Phi) is 2.53. The minimum Gasteiger partial charge on any atom is -0.451 e. The maximum Gasteiger partial charge on any atom is 0.197 e. The smallest absolute Gasteiger partial charge is 0.197 e. The van der Waals surface area contributed by atoms with Crippen LogP contribution in [0.15, 0.2) is 22.6 Å². The third-order valence-corrected chi connectivity index (χ3v) is 2.59. The molecule has 0 bridgehead atoms. The van der Waals surface area contributed by atoms with Gasteiger partial charge in [-0.25, -0.2) is 0 Å². The monoisotopic (exact) mass is 222 g/mol. The molecule has 15 heavy (non-hydrogen) atoms. The van der Waals surface area contributed by atoms with Crippen molar-refractivity contribution in [3.63, 3.8) is 0 Å². The Morgan fingerprint density at radius 3 is 2.80 bits per heavy atom. The number of carbonyl (C=O) groups is 1. The number of halogens is 1. The summed E-state index contributed by atoms with van der Waals surface area (Å²) in [7, 11) is 0. The van der Waals surface area contributed by atoms with Crippen molar-refractivity contribution in [3.05, 3.63) is 34.5 Å². The number of ketones is 1. The molecule has 78 valence electrons. The molecule has 2 aromatic rings. The number of Topliss-reactive ketones (excluding diaryl/α,β-unsaturated/α-hetero) is 1. The average molecular weight is 223 g/mol. The van der Waals surface area contributed by atoms with E-state index in [0.29, 0.717) is 22.8 Å². The van der Waals surface area contributed by atoms with E-state index in [0.717, 1.165) is 10.9 Å². The van der Waals surface area contributed by atoms with Gasteiger partial charge in [0.1, 0.15) is 0 Å². The lowest BCUT2D eigenvalue weighted by Crippen LogP contribution is -1.92. The topological polar surface area (TPSA) is 30.2 Å². The lowest BCUT2D eigenvalue weighted by molar-refractivity contribution is 0.0963. The number of carbonyl (C=O) groups excluding carboxylic acids is 1. The molecule has 0 atom stereocenters. The molecule has 0 fully saturated rings. The molecule has 2 rings (SSSR count). The number of rotatable bonds is 2. The second-order valence-corrected chi connectivity index (χ2v) is 3.96. The molecule has 2 nitrogen and oxygen atoms in total. The van der Waals surface area contributed by atoms with Crippen molar-refractivity contribution in [2.75, 3.05) is 0 Å². The molecule has 0 spiro atoms. The molecule has 0 aliphatic carbocycles. The van der Waals surface area contributed by atoms with Crippen molar-refractivity contribution < 1.29 is 9.21 Å². The van der Waals surface area contributed by atoms with Gasteiger partial charge in [0.25, 0.3) is 0 Å². The van der Waals surface area contributed by atoms with Gasteiger partial charge in [-0.05, 0) is 30.7 Å². The molecule has 0 unspecified atom stereocenters. The van der Waals surface area contributed by atoms with Crippen LogP contribution in [0.5, 0.6) is 0 Å². The van der Waals surface area contributed by atoms with Crippen molar-refractivity contribution in [2.45, 2.75) is 20.3 Å². The van der Waals surface area contributed by atoms with Gasteiger partial charge in [-0.15, -0.1) is 0 Å². The van der Waals surface area contributed by atoms with Gasteiger partial charge in [0.05, 0.1) is 5.02 Å². The van der Waals surface area contributed by atoms with E-state index in [1.165, 1.54) is 0 Å². The van der Waals surface area contributed by atoms with E-state index in [-0.39, 0.29) is 5.78 Å². The molecule has 0 saturated carbocycles. The summed E-state index contributed by atoms with van der Waals surface area (Å²) in [6.45, 7) is 3.77. The van der Waals surface area contributed by atoms with Crippen molar-refractivity contribution in [1.29, 1.82) is 0 Å². The molecule has 0 saturated heterocycles. The second-order valence-electron chi connectivity index (χ2n) is 3.55. The summed E-state index contributed by atoms with van der Waals surface area (Å²) in [6, 6.07) is 5.53. The number of furan rings is 1. The number of fused-ring (bicyclic) bond motifs is 1. The number of benzene rings is 1. The summed E-state index contributed by atoms with van der Waals surface area (Å²) in [5.74, 6) is 0.389. The van der Waals surface area contributed by atoms with Gasteiger partial charge in [-0.1, -0.05) is 18.5 Å². The van der Waals surface area contributed by atoms with E-state index in [4.69, 9.17) is 16.0 Å². The Hall–Kier alpha value is -1.28. The van der Waals surface area contributed by atoms with Crippen LogP contribution in [0.3, 0.4) is 0 Å². The van der Waals surface area contributed by atoms with E-state index >= 15 is 0 Å². The average Bonchev–Trinajstić information content (AvgIpc) is 2.60. The van der Waals surface area contributed by atoms with Crippen LogP contribution in [0, 0.1) is 6.92 Å². The molecular formula is C12H11ClO2. The maximum atomic E-state index is 11.4. The van der Waals surface area contributed by atoms with Gasteiger partial charge >= 0.3 is 0 Å². The maximum absolute atomic E-state index is 11.4. The predicted molar refractivity (Wildman–Crippen MR) is 60.6 cm³/mol. The zero-order valence-corrected chi connectivity index (χ0v) is 9.39. The Balaban J connectivity index is 2.65. The van der Waals surface area contributed by atoms with Crippen molar-refractivity contribution >= 4 is 28.4 Å². The molecule has 1 aromatic carbocycles. The van der Waals surface area contributed by atoms with Crippen LogP contribution in [-0.4, -0.2) is 5.78 Å². The Labute approximate surface area is 92.8 Å². The highest BCUT2D eigenvalue weighted by molar-refractivity contribution is 6.35. The first-order chi connectivity index (χ1) is 7.11. The van der Waals surface area contributed by atoms with Gasteiger partial charge in [0, 0.05) is 11.8 Å². The zero-order valence-electron chi connectivity index (χ0n) is 8.63. The Morgan fingerprint density at radius 2 is 2.13 bits per heavy atom. The molecule has 1 heterocycles. The van der Waals surface area contributed by atoms with Crippen LogP contribution in [-0.2, 0) is 0 Å². The fourth-order valence-corrected chi connectivity index (χ4v) is 1.88. The third kappa shape index (κ3) is 1.77. The Morgan fingerprint density at radius 1 is 1.40 bits per heavy atom. The fraction of sp³-hybridized carbons (Fsp3) is 0.250. The lowest BCUT2D eigenvalue weighted by Gasteiger charge is -1.94. The minimum absolute atomic E-state index is 0.0000743. The van der Waals surface area contributed by atoms with E-state index in [1.807, 2.05) is 26.0 Å². The lowest BCUT2D eigenvalue weighted by atomic mass is 10.1. The van der Waals surface area contributed by atoms with Crippen molar-refractivity contribution in [1.82, 2.24) is 0 Å². The summed E-state index contributed by atoms with van der Waals surface area (Å²) in [6.07, 6.45) is 0.441. The van der Waals surface area contributed by atoms with Crippen LogP contribution >= 0.6 is 11.6 Å². The highest BCUT2D eigenvalue weighted by Crippen LogP contribution is 2.28. The summed E-state index contributed by atoms with van der Waals surface area (Å²) < 4.78 is 5.42. The molecular weight excluding hydrogens is 212 g/mol. The summed E-state index contributed by atoms with van der Waals surface area (Å²) in [5, 5.41) is 1.44. The number of aryl methyl sites for hydroxylation is 1. The van der Waals surface area contributed by atoms with Crippen LogP contribution in [0.25, 0.3) is 11.0 Å². The van der Waals surface area contributed by atoms with E-state index < -0.39 is 0 Å². The second kappa shape index (κ2) is 3.70. The molecule has 0 amide bonds. The van der Waals surface area contributed by atoms with Crippen molar-refractivity contribution in [2.24, 2.45) is 0 Å². The zero-order chi connectivity index (χ0) is 11.0. The molecule has 0 radical (unpaired) electrons. The van der Waals surface area contributed by atoms with Crippen LogP contribution in [0.4, 0.5) is 0 Å². The van der Waals surface area contributed by atoms with Gasteiger partial charge in [0.2, 0.25) is 0 Å². The van der Waals surface area contributed by atoms with Crippen LogP contribution < -0.4 is 0 Å². The van der Waals surface area contributed by atoms with E-state index in [1.54, 1.807) is 6.07 Å². The van der Waals surface area contributed by atoms with Crippen LogP contribution in [0.2, 0.25) is 5.02 Å². The molecule has 0 N–H and O–H groups in total. The third-order valence-electron chi connectivity index (χ3n) is 2.31. The first kappa shape index (κ1) is 10.2. The van der Waals surface area contributed by atoms with Crippen LogP contribution in [0.1, 0.15) is 29.5 Å². The first-order valence-corrected chi connectivity index (χ1v) is 5.22.